The molecule has 0 radical (unpaired) electrons. The molecule has 0 aromatic heterocycles. The van der Waals surface area contributed by atoms with Crippen LogP contribution in [-0.2, 0) is 6.42 Å². The molecule has 0 amide bonds. The van der Waals surface area contributed by atoms with Crippen LogP contribution < -0.4 is 10.2 Å². The van der Waals surface area contributed by atoms with Gasteiger partial charge in [-0.25, -0.2) is 0 Å². The summed E-state index contributed by atoms with van der Waals surface area (Å²) in [5, 5.41) is 6.44. The molecule has 1 N–H and O–H groups in total. The number of aryl methyl sites for hydroxylation is 1. The van der Waals surface area contributed by atoms with Gasteiger partial charge in [0.2, 0.25) is 0 Å². The molecule has 1 heterocycles. The van der Waals surface area contributed by atoms with Gasteiger partial charge in [0, 0.05) is 5.69 Å². The second kappa shape index (κ2) is 5.74. The molecule has 0 spiro atoms. The van der Waals surface area contributed by atoms with E-state index in [2.05, 4.69) is 102 Å². The summed E-state index contributed by atoms with van der Waals surface area (Å²) < 4.78 is 0. The standard InChI is InChI=1S/C26H20N2/c1-17-13-14-22-23(15-17)28(20-10-3-2-4-11-20)24-16-19-9-5-7-18-8-6-12-21(25(18)19)26(24)27-22/h2-11,13-16,27H,12H2,1H3. The fourth-order valence-electron chi connectivity index (χ4n) is 4.57. The molecule has 6 rings (SSSR count). The van der Waals surface area contributed by atoms with Crippen LogP contribution in [0.25, 0.3) is 16.8 Å². The molecule has 0 unspecified atom stereocenters. The van der Waals surface area contributed by atoms with Crippen molar-refractivity contribution in [2.45, 2.75) is 13.3 Å². The van der Waals surface area contributed by atoms with Gasteiger partial charge in [0.05, 0.1) is 22.7 Å². The molecule has 28 heavy (non-hydrogen) atoms. The SMILES string of the molecule is Cc1ccc2c(c1)N(c1ccccc1)c1cc3cccc4c3c(c1N2)CC=C4. The van der Waals surface area contributed by atoms with Gasteiger partial charge < -0.3 is 10.2 Å². The van der Waals surface area contributed by atoms with Gasteiger partial charge in [-0.05, 0) is 71.1 Å². The molecule has 0 bridgehead atoms. The van der Waals surface area contributed by atoms with E-state index in [1.807, 2.05) is 0 Å². The number of anilines is 5. The molecule has 4 aromatic rings. The van der Waals surface area contributed by atoms with E-state index in [9.17, 15) is 0 Å². The number of hydrogen-bond acceptors (Lipinski definition) is 2. The van der Waals surface area contributed by atoms with Gasteiger partial charge in [-0.2, -0.15) is 0 Å². The lowest BCUT2D eigenvalue weighted by atomic mass is 9.89. The molecule has 0 saturated heterocycles. The zero-order valence-corrected chi connectivity index (χ0v) is 15.7. The van der Waals surface area contributed by atoms with Gasteiger partial charge in [0.15, 0.2) is 0 Å². The summed E-state index contributed by atoms with van der Waals surface area (Å²) >= 11 is 0. The molecule has 2 nitrogen and oxygen atoms in total. The van der Waals surface area contributed by atoms with Crippen molar-refractivity contribution in [2.75, 3.05) is 10.2 Å². The van der Waals surface area contributed by atoms with E-state index in [1.165, 1.54) is 50.2 Å². The molecule has 0 fully saturated rings. The summed E-state index contributed by atoms with van der Waals surface area (Å²) in [5.74, 6) is 0. The van der Waals surface area contributed by atoms with Crippen molar-refractivity contribution in [3.05, 3.63) is 95.6 Å². The van der Waals surface area contributed by atoms with Gasteiger partial charge >= 0.3 is 0 Å². The average molecular weight is 360 g/mol. The lowest BCUT2D eigenvalue weighted by Crippen LogP contribution is -2.19. The zero-order valence-electron chi connectivity index (χ0n) is 15.7. The average Bonchev–Trinajstić information content (AvgIpc) is 2.73. The van der Waals surface area contributed by atoms with E-state index in [0.29, 0.717) is 0 Å². The number of nitrogens with one attached hydrogen (secondary N) is 1. The molecule has 4 aromatic carbocycles. The zero-order chi connectivity index (χ0) is 18.7. The third kappa shape index (κ3) is 2.15. The Morgan fingerprint density at radius 3 is 2.64 bits per heavy atom. The molecule has 0 atom stereocenters. The monoisotopic (exact) mass is 360 g/mol. The highest BCUT2D eigenvalue weighted by molar-refractivity contribution is 6.08. The molecule has 2 heteroatoms. The quantitative estimate of drug-likeness (QED) is 0.339. The number of allylic oxidation sites excluding steroid dienone is 1. The largest absolute Gasteiger partial charge is 0.352 e. The predicted octanol–water partition coefficient (Wildman–Crippen LogP) is 7.24. The van der Waals surface area contributed by atoms with Crippen molar-refractivity contribution in [2.24, 2.45) is 0 Å². The second-order valence-electron chi connectivity index (χ2n) is 7.62. The maximum Gasteiger partial charge on any atom is 0.0707 e. The van der Waals surface area contributed by atoms with Crippen LogP contribution >= 0.6 is 0 Å². The van der Waals surface area contributed by atoms with Gasteiger partial charge in [0.25, 0.3) is 0 Å². The smallest absolute Gasteiger partial charge is 0.0707 e. The van der Waals surface area contributed by atoms with E-state index in [4.69, 9.17) is 0 Å². The first kappa shape index (κ1) is 15.5. The highest BCUT2D eigenvalue weighted by Gasteiger charge is 2.28. The van der Waals surface area contributed by atoms with Crippen LogP contribution in [0.3, 0.4) is 0 Å². The normalized spacial score (nSPS) is 13.8. The minimum Gasteiger partial charge on any atom is -0.352 e. The summed E-state index contributed by atoms with van der Waals surface area (Å²) in [5.41, 5.74) is 9.95. The Bertz CT molecular complexity index is 1270. The summed E-state index contributed by atoms with van der Waals surface area (Å²) in [6, 6.07) is 26.3. The van der Waals surface area contributed by atoms with Crippen LogP contribution in [0, 0.1) is 6.92 Å². The maximum atomic E-state index is 3.76. The highest BCUT2D eigenvalue weighted by atomic mass is 15.2. The van der Waals surface area contributed by atoms with Crippen LogP contribution in [0.4, 0.5) is 28.4 Å². The number of rotatable bonds is 1. The maximum absolute atomic E-state index is 3.76. The van der Waals surface area contributed by atoms with Crippen molar-refractivity contribution >= 4 is 45.3 Å². The van der Waals surface area contributed by atoms with E-state index < -0.39 is 0 Å². The van der Waals surface area contributed by atoms with Crippen molar-refractivity contribution < 1.29 is 0 Å². The molecule has 2 aliphatic rings. The third-order valence-corrected chi connectivity index (χ3v) is 5.81. The summed E-state index contributed by atoms with van der Waals surface area (Å²) in [6.07, 6.45) is 5.47. The first-order valence-corrected chi connectivity index (χ1v) is 9.77. The van der Waals surface area contributed by atoms with Gasteiger partial charge in [0.1, 0.15) is 0 Å². The van der Waals surface area contributed by atoms with Gasteiger partial charge in [-0.3, -0.25) is 0 Å². The Hall–Kier alpha value is -3.52. The summed E-state index contributed by atoms with van der Waals surface area (Å²) in [7, 11) is 0. The number of hydrogen-bond donors (Lipinski definition) is 1. The predicted molar refractivity (Wildman–Crippen MR) is 119 cm³/mol. The number of benzene rings is 4. The van der Waals surface area contributed by atoms with Gasteiger partial charge in [-0.1, -0.05) is 54.6 Å². The third-order valence-electron chi connectivity index (χ3n) is 5.81. The first-order chi connectivity index (χ1) is 13.8. The molecule has 134 valence electrons. The Kier molecular flexibility index (Phi) is 3.18. The van der Waals surface area contributed by atoms with Crippen LogP contribution in [0.2, 0.25) is 0 Å². The molecular weight excluding hydrogens is 340 g/mol. The Labute approximate surface area is 164 Å². The van der Waals surface area contributed by atoms with Crippen LogP contribution in [-0.4, -0.2) is 0 Å². The van der Waals surface area contributed by atoms with E-state index >= 15 is 0 Å². The topological polar surface area (TPSA) is 15.3 Å². The van der Waals surface area contributed by atoms with Crippen molar-refractivity contribution in [1.29, 1.82) is 0 Å². The number of nitrogens with zero attached hydrogens (tertiary/aromatic N) is 1. The summed E-state index contributed by atoms with van der Waals surface area (Å²) in [6.45, 7) is 2.15. The molecule has 1 aliphatic heterocycles. The number of fused-ring (bicyclic) bond motifs is 3. The van der Waals surface area contributed by atoms with Crippen LogP contribution in [0.15, 0.2) is 78.9 Å². The van der Waals surface area contributed by atoms with Crippen molar-refractivity contribution in [3.8, 4) is 0 Å². The Balaban J connectivity index is 1.71. The van der Waals surface area contributed by atoms with Gasteiger partial charge in [-0.15, -0.1) is 0 Å². The van der Waals surface area contributed by atoms with E-state index in [-0.39, 0.29) is 0 Å². The van der Waals surface area contributed by atoms with E-state index in [1.54, 1.807) is 0 Å². The van der Waals surface area contributed by atoms with E-state index in [0.717, 1.165) is 12.1 Å². The lowest BCUT2D eigenvalue weighted by molar-refractivity contribution is 1.21. The molecule has 0 saturated carbocycles. The molecular formula is C26H20N2. The molecule has 1 aliphatic carbocycles. The number of para-hydroxylation sites is 1. The fourth-order valence-corrected chi connectivity index (χ4v) is 4.57. The minimum absolute atomic E-state index is 0.952. The first-order valence-electron chi connectivity index (χ1n) is 9.77. The lowest BCUT2D eigenvalue weighted by Gasteiger charge is -2.36. The van der Waals surface area contributed by atoms with Crippen molar-refractivity contribution in [1.82, 2.24) is 0 Å². The Morgan fingerprint density at radius 2 is 1.75 bits per heavy atom. The van der Waals surface area contributed by atoms with Crippen LogP contribution in [0.5, 0.6) is 0 Å². The second-order valence-corrected chi connectivity index (χ2v) is 7.62. The fraction of sp³-hybridized carbons (Fsp3) is 0.0769. The van der Waals surface area contributed by atoms with Crippen LogP contribution in [0.1, 0.15) is 16.7 Å². The Morgan fingerprint density at radius 1 is 0.857 bits per heavy atom. The minimum atomic E-state index is 0.952. The summed E-state index contributed by atoms with van der Waals surface area (Å²) in [4.78, 5) is 2.40. The highest BCUT2D eigenvalue weighted by Crippen LogP contribution is 2.52. The van der Waals surface area contributed by atoms with Crippen molar-refractivity contribution in [3.63, 3.8) is 0 Å².